The molecule has 0 aliphatic heterocycles. The second kappa shape index (κ2) is 9.24. The Morgan fingerprint density at radius 2 is 2.05 bits per heavy atom. The molecule has 1 aromatic heterocycles. The van der Waals surface area contributed by atoms with Crippen molar-refractivity contribution >= 4 is 29.9 Å². The first-order valence-corrected chi connectivity index (χ1v) is 6.80. The van der Waals surface area contributed by atoms with Gasteiger partial charge in [0.2, 0.25) is 5.89 Å². The lowest BCUT2D eigenvalue weighted by Crippen LogP contribution is -2.36. The number of halogens is 1. The van der Waals surface area contributed by atoms with Gasteiger partial charge in [0.1, 0.15) is 0 Å². The fraction of sp³-hybridized carbons (Fsp3) is 0.250. The maximum atomic E-state index is 5.73. The predicted octanol–water partition coefficient (Wildman–Crippen LogP) is 3.12. The molecule has 22 heavy (non-hydrogen) atoms. The van der Waals surface area contributed by atoms with Crippen molar-refractivity contribution in [3.8, 4) is 11.3 Å². The van der Waals surface area contributed by atoms with Crippen molar-refractivity contribution in [2.24, 2.45) is 4.99 Å². The van der Waals surface area contributed by atoms with Gasteiger partial charge in [-0.05, 0) is 6.92 Å². The number of aryl methyl sites for hydroxylation is 1. The number of hydrogen-bond acceptors (Lipinski definition) is 3. The molecule has 0 saturated carbocycles. The minimum Gasteiger partial charge on any atom is -0.439 e. The van der Waals surface area contributed by atoms with Gasteiger partial charge in [0.05, 0.1) is 12.7 Å². The second-order valence-electron chi connectivity index (χ2n) is 4.58. The number of guanidine groups is 1. The number of benzene rings is 1. The SMILES string of the molecule is C=CCNC(=NC)NCc1ncc(-c2ccc(C)cc2)o1.I. The Hall–Kier alpha value is -1.83. The molecule has 0 aliphatic rings. The lowest BCUT2D eigenvalue weighted by molar-refractivity contribution is 0.498. The summed E-state index contributed by atoms with van der Waals surface area (Å²) in [4.78, 5) is 8.36. The van der Waals surface area contributed by atoms with Gasteiger partial charge in [0, 0.05) is 19.2 Å². The Morgan fingerprint density at radius 1 is 1.32 bits per heavy atom. The highest BCUT2D eigenvalue weighted by atomic mass is 127. The summed E-state index contributed by atoms with van der Waals surface area (Å²) in [5.41, 5.74) is 2.24. The van der Waals surface area contributed by atoms with Gasteiger partial charge in [-0.15, -0.1) is 30.6 Å². The number of aromatic nitrogens is 1. The van der Waals surface area contributed by atoms with Crippen LogP contribution in [-0.4, -0.2) is 24.5 Å². The monoisotopic (exact) mass is 412 g/mol. The minimum atomic E-state index is 0. The molecule has 2 rings (SSSR count). The van der Waals surface area contributed by atoms with Gasteiger partial charge >= 0.3 is 0 Å². The first-order chi connectivity index (χ1) is 10.2. The van der Waals surface area contributed by atoms with Gasteiger partial charge in [-0.2, -0.15) is 0 Å². The standard InChI is InChI=1S/C16H20N4O.HI/c1-4-9-18-16(17-3)20-11-15-19-10-14(21-15)13-7-5-12(2)6-8-13;/h4-8,10H,1,9,11H2,2-3H3,(H2,17,18,20);1H. The molecule has 0 atom stereocenters. The largest absolute Gasteiger partial charge is 0.439 e. The molecule has 0 bridgehead atoms. The predicted molar refractivity (Wildman–Crippen MR) is 100 cm³/mol. The maximum Gasteiger partial charge on any atom is 0.214 e. The van der Waals surface area contributed by atoms with E-state index in [-0.39, 0.29) is 24.0 Å². The Kier molecular flexibility index (Phi) is 7.65. The van der Waals surface area contributed by atoms with Gasteiger partial charge in [-0.25, -0.2) is 4.98 Å². The molecule has 1 aromatic carbocycles. The number of nitrogens with zero attached hydrogens (tertiary/aromatic N) is 2. The zero-order chi connectivity index (χ0) is 15.1. The Labute approximate surface area is 148 Å². The van der Waals surface area contributed by atoms with Crippen LogP contribution in [0.15, 0.2) is 52.5 Å². The first-order valence-electron chi connectivity index (χ1n) is 6.80. The van der Waals surface area contributed by atoms with Crippen LogP contribution in [0.5, 0.6) is 0 Å². The summed E-state index contributed by atoms with van der Waals surface area (Å²) in [5.74, 6) is 2.07. The van der Waals surface area contributed by atoms with Gasteiger partial charge in [0.25, 0.3) is 0 Å². The van der Waals surface area contributed by atoms with E-state index in [2.05, 4.69) is 46.2 Å². The van der Waals surface area contributed by atoms with Crippen LogP contribution in [0.2, 0.25) is 0 Å². The maximum absolute atomic E-state index is 5.73. The van der Waals surface area contributed by atoms with E-state index in [0.29, 0.717) is 24.9 Å². The number of hydrogen-bond donors (Lipinski definition) is 2. The van der Waals surface area contributed by atoms with Crippen LogP contribution < -0.4 is 10.6 Å². The number of aliphatic imine (C=N–C) groups is 1. The molecule has 0 fully saturated rings. The lowest BCUT2D eigenvalue weighted by Gasteiger charge is -2.08. The van der Waals surface area contributed by atoms with E-state index in [1.165, 1.54) is 5.56 Å². The van der Waals surface area contributed by atoms with Crippen LogP contribution in [0.1, 0.15) is 11.5 Å². The third kappa shape index (κ3) is 5.18. The molecule has 0 radical (unpaired) electrons. The highest BCUT2D eigenvalue weighted by molar-refractivity contribution is 14.0. The van der Waals surface area contributed by atoms with Crippen LogP contribution in [0.3, 0.4) is 0 Å². The van der Waals surface area contributed by atoms with Crippen molar-refractivity contribution < 1.29 is 4.42 Å². The number of nitrogens with one attached hydrogen (secondary N) is 2. The van der Waals surface area contributed by atoms with Crippen molar-refractivity contribution in [3.63, 3.8) is 0 Å². The summed E-state index contributed by atoms with van der Waals surface area (Å²) in [5, 5.41) is 6.21. The average molecular weight is 412 g/mol. The normalized spacial score (nSPS) is 10.7. The molecule has 0 aliphatic carbocycles. The Bertz CT molecular complexity index is 619. The molecule has 5 nitrogen and oxygen atoms in total. The molecule has 118 valence electrons. The highest BCUT2D eigenvalue weighted by Crippen LogP contribution is 2.20. The van der Waals surface area contributed by atoms with Gasteiger partial charge in [0.15, 0.2) is 11.7 Å². The van der Waals surface area contributed by atoms with Crippen LogP contribution in [-0.2, 0) is 6.54 Å². The molecule has 2 N–H and O–H groups in total. The average Bonchev–Trinajstić information content (AvgIpc) is 2.97. The molecule has 2 aromatic rings. The van der Waals surface area contributed by atoms with Crippen molar-refractivity contribution in [2.75, 3.05) is 13.6 Å². The highest BCUT2D eigenvalue weighted by Gasteiger charge is 2.06. The van der Waals surface area contributed by atoms with Crippen molar-refractivity contribution in [3.05, 3.63) is 54.6 Å². The van der Waals surface area contributed by atoms with Crippen LogP contribution in [0, 0.1) is 6.92 Å². The number of oxazole rings is 1. The lowest BCUT2D eigenvalue weighted by atomic mass is 10.1. The van der Waals surface area contributed by atoms with E-state index >= 15 is 0 Å². The molecule has 6 heteroatoms. The number of rotatable bonds is 5. The van der Waals surface area contributed by atoms with Crippen LogP contribution in [0.25, 0.3) is 11.3 Å². The van der Waals surface area contributed by atoms with Crippen LogP contribution >= 0.6 is 24.0 Å². The Balaban J connectivity index is 0.00000242. The van der Waals surface area contributed by atoms with E-state index in [1.807, 2.05) is 12.1 Å². The molecular weight excluding hydrogens is 391 g/mol. The van der Waals surface area contributed by atoms with Gasteiger partial charge < -0.3 is 15.1 Å². The molecule has 0 saturated heterocycles. The quantitative estimate of drug-likeness (QED) is 0.343. The molecule has 1 heterocycles. The summed E-state index contributed by atoms with van der Waals surface area (Å²) < 4.78 is 5.73. The fourth-order valence-electron chi connectivity index (χ4n) is 1.79. The van der Waals surface area contributed by atoms with E-state index in [4.69, 9.17) is 4.42 Å². The molecule has 0 unspecified atom stereocenters. The second-order valence-corrected chi connectivity index (χ2v) is 4.58. The summed E-state index contributed by atoms with van der Waals surface area (Å²) in [6.07, 6.45) is 3.51. The summed E-state index contributed by atoms with van der Waals surface area (Å²) in [6.45, 7) is 6.84. The van der Waals surface area contributed by atoms with Crippen molar-refractivity contribution in [1.29, 1.82) is 0 Å². The first kappa shape index (κ1) is 18.2. The molecule has 0 spiro atoms. The van der Waals surface area contributed by atoms with Gasteiger partial charge in [-0.3, -0.25) is 4.99 Å². The summed E-state index contributed by atoms with van der Waals surface area (Å²) in [7, 11) is 1.71. The fourth-order valence-corrected chi connectivity index (χ4v) is 1.79. The molecular formula is C16H21IN4O. The summed E-state index contributed by atoms with van der Waals surface area (Å²) >= 11 is 0. The third-order valence-electron chi connectivity index (χ3n) is 2.93. The zero-order valence-corrected chi connectivity index (χ0v) is 15.1. The Morgan fingerprint density at radius 3 is 2.68 bits per heavy atom. The molecule has 0 amide bonds. The van der Waals surface area contributed by atoms with E-state index < -0.39 is 0 Å². The summed E-state index contributed by atoms with van der Waals surface area (Å²) in [6, 6.07) is 8.16. The zero-order valence-electron chi connectivity index (χ0n) is 12.8. The van der Waals surface area contributed by atoms with E-state index in [1.54, 1.807) is 19.3 Å². The topological polar surface area (TPSA) is 62.5 Å². The van der Waals surface area contributed by atoms with Crippen LogP contribution in [0.4, 0.5) is 0 Å². The third-order valence-corrected chi connectivity index (χ3v) is 2.93. The minimum absolute atomic E-state index is 0. The van der Waals surface area contributed by atoms with Gasteiger partial charge in [-0.1, -0.05) is 35.9 Å². The van der Waals surface area contributed by atoms with Crippen molar-refractivity contribution in [1.82, 2.24) is 15.6 Å². The smallest absolute Gasteiger partial charge is 0.214 e. The van der Waals surface area contributed by atoms with Crippen molar-refractivity contribution in [2.45, 2.75) is 13.5 Å². The van der Waals surface area contributed by atoms with E-state index in [9.17, 15) is 0 Å². The van der Waals surface area contributed by atoms with E-state index in [0.717, 1.165) is 11.3 Å².